The number of nitrogens with two attached hydrogens (primary N) is 1. The summed E-state index contributed by atoms with van der Waals surface area (Å²) in [5.41, 5.74) is 10.4. The number of H-pyrrole nitrogens is 1. The molecule has 0 aliphatic carbocycles. The van der Waals surface area contributed by atoms with Crippen molar-refractivity contribution in [2.24, 2.45) is 10.7 Å². The number of aromatic amines is 1. The molecule has 0 amide bonds. The summed E-state index contributed by atoms with van der Waals surface area (Å²) in [6, 6.07) is 12.5. The van der Waals surface area contributed by atoms with Crippen LogP contribution in [0.15, 0.2) is 41.4 Å². The molecule has 1 atom stereocenters. The minimum Gasteiger partial charge on any atom is -0.382 e. The van der Waals surface area contributed by atoms with Gasteiger partial charge in [0.2, 0.25) is 0 Å². The molecule has 1 heterocycles. The molecule has 0 spiro atoms. The molecule has 1 aromatic carbocycles. The summed E-state index contributed by atoms with van der Waals surface area (Å²) in [6.45, 7) is 4.48. The summed E-state index contributed by atoms with van der Waals surface area (Å²) in [6.07, 6.45) is 8.28. The minimum atomic E-state index is 0.365. The van der Waals surface area contributed by atoms with Gasteiger partial charge in [0.15, 0.2) is 0 Å². The fourth-order valence-corrected chi connectivity index (χ4v) is 3.32. The van der Waals surface area contributed by atoms with E-state index in [1.54, 1.807) is 0 Å². The largest absolute Gasteiger partial charge is 0.382 e. The third kappa shape index (κ3) is 5.05. The predicted molar refractivity (Wildman–Crippen MR) is 108 cm³/mol. The van der Waals surface area contributed by atoms with Crippen LogP contribution in [0, 0.1) is 5.41 Å². The number of hydrogen-bond acceptors (Lipinski definition) is 1. The molecule has 4 heteroatoms. The van der Waals surface area contributed by atoms with E-state index in [0.29, 0.717) is 11.8 Å². The third-order valence-corrected chi connectivity index (χ3v) is 4.62. The number of aliphatic imine (C=N–C) groups is 1. The maximum Gasteiger partial charge on any atom is 0.149 e. The van der Waals surface area contributed by atoms with Crippen LogP contribution < -0.4 is 5.73 Å². The van der Waals surface area contributed by atoms with E-state index >= 15 is 0 Å². The monoisotopic (exact) mass is 338 g/mol. The second-order valence-electron chi connectivity index (χ2n) is 6.50. The molecule has 0 saturated carbocycles. The molecule has 0 saturated heterocycles. The highest BCUT2D eigenvalue weighted by Crippen LogP contribution is 2.32. The zero-order valence-corrected chi connectivity index (χ0v) is 15.4. The number of rotatable bonds is 10. The van der Waals surface area contributed by atoms with Gasteiger partial charge in [0.05, 0.1) is 5.69 Å². The highest BCUT2D eigenvalue weighted by atomic mass is 14.9. The van der Waals surface area contributed by atoms with Gasteiger partial charge >= 0.3 is 0 Å². The Hall–Kier alpha value is -2.36. The zero-order valence-electron chi connectivity index (χ0n) is 15.4. The van der Waals surface area contributed by atoms with Gasteiger partial charge in [0.25, 0.3) is 0 Å². The van der Waals surface area contributed by atoms with Crippen LogP contribution in [0.1, 0.15) is 69.7 Å². The molecule has 0 radical (unpaired) electrons. The molecular formula is C21H30N4. The van der Waals surface area contributed by atoms with Crippen LogP contribution in [0.5, 0.6) is 0 Å². The highest BCUT2D eigenvalue weighted by Gasteiger charge is 2.18. The van der Waals surface area contributed by atoms with Gasteiger partial charge in [-0.25, -0.2) is 4.99 Å². The first-order chi connectivity index (χ1) is 12.2. The van der Waals surface area contributed by atoms with Crippen LogP contribution in [0.25, 0.3) is 11.1 Å². The van der Waals surface area contributed by atoms with Gasteiger partial charge in [0.1, 0.15) is 12.2 Å². The van der Waals surface area contributed by atoms with Gasteiger partial charge in [-0.1, -0.05) is 69.9 Å². The lowest BCUT2D eigenvalue weighted by atomic mass is 9.93. The molecule has 2 aromatic rings. The van der Waals surface area contributed by atoms with Crippen LogP contribution in [0.2, 0.25) is 0 Å². The first kappa shape index (κ1) is 19.0. The van der Waals surface area contributed by atoms with E-state index in [4.69, 9.17) is 11.1 Å². The number of nitrogens with zero attached hydrogens (tertiary/aromatic N) is 1. The molecule has 4 nitrogen and oxygen atoms in total. The molecule has 0 fully saturated rings. The molecule has 0 aliphatic heterocycles. The Kier molecular flexibility index (Phi) is 7.45. The van der Waals surface area contributed by atoms with Gasteiger partial charge < -0.3 is 10.7 Å². The Morgan fingerprint density at radius 1 is 1.16 bits per heavy atom. The van der Waals surface area contributed by atoms with Crippen molar-refractivity contribution >= 4 is 12.2 Å². The third-order valence-electron chi connectivity index (χ3n) is 4.62. The van der Waals surface area contributed by atoms with Crippen LogP contribution in [-0.4, -0.2) is 17.2 Å². The van der Waals surface area contributed by atoms with Crippen molar-refractivity contribution < 1.29 is 0 Å². The lowest BCUT2D eigenvalue weighted by molar-refractivity contribution is 0.521. The maximum absolute atomic E-state index is 7.22. The quantitative estimate of drug-likeness (QED) is 0.300. The fraction of sp³-hybridized carbons (Fsp3) is 0.429. The average molecular weight is 338 g/mol. The second-order valence-corrected chi connectivity index (χ2v) is 6.50. The van der Waals surface area contributed by atoms with Crippen molar-refractivity contribution in [3.63, 3.8) is 0 Å². The molecule has 25 heavy (non-hydrogen) atoms. The SMILES string of the molecule is CCCCCC(CCC)c1cc(-c2ccccc2)c(/C(N)=N\C=N)[nH]1. The number of unbranched alkanes of at least 4 members (excludes halogenated alkanes) is 2. The van der Waals surface area contributed by atoms with E-state index in [1.165, 1.54) is 37.8 Å². The molecule has 4 N–H and O–H groups in total. The Bertz CT molecular complexity index is 685. The zero-order chi connectivity index (χ0) is 18.1. The minimum absolute atomic E-state index is 0.365. The van der Waals surface area contributed by atoms with Crippen molar-refractivity contribution in [2.45, 2.75) is 58.3 Å². The maximum atomic E-state index is 7.22. The number of nitrogens with one attached hydrogen (secondary N) is 2. The molecule has 134 valence electrons. The Morgan fingerprint density at radius 3 is 2.56 bits per heavy atom. The van der Waals surface area contributed by atoms with Crippen molar-refractivity contribution in [3.05, 3.63) is 47.8 Å². The molecule has 0 aliphatic rings. The summed E-state index contributed by atoms with van der Waals surface area (Å²) >= 11 is 0. The van der Waals surface area contributed by atoms with E-state index in [9.17, 15) is 0 Å². The fourth-order valence-electron chi connectivity index (χ4n) is 3.32. The predicted octanol–water partition coefficient (Wildman–Crippen LogP) is 5.46. The smallest absolute Gasteiger partial charge is 0.149 e. The first-order valence-electron chi connectivity index (χ1n) is 9.32. The number of amidine groups is 1. The second kappa shape index (κ2) is 9.82. The topological polar surface area (TPSA) is 78.0 Å². The number of aromatic nitrogens is 1. The van der Waals surface area contributed by atoms with Gasteiger partial charge in [-0.3, -0.25) is 5.41 Å². The number of benzene rings is 1. The first-order valence-corrected chi connectivity index (χ1v) is 9.32. The molecule has 1 unspecified atom stereocenters. The Balaban J connectivity index is 2.41. The van der Waals surface area contributed by atoms with Crippen molar-refractivity contribution in [1.82, 2.24) is 4.98 Å². The Morgan fingerprint density at radius 2 is 1.92 bits per heavy atom. The van der Waals surface area contributed by atoms with E-state index in [0.717, 1.165) is 29.6 Å². The van der Waals surface area contributed by atoms with E-state index in [-0.39, 0.29) is 0 Å². The van der Waals surface area contributed by atoms with Crippen molar-refractivity contribution in [3.8, 4) is 11.1 Å². The summed E-state index contributed by atoms with van der Waals surface area (Å²) in [5.74, 6) is 0.879. The molecule has 2 rings (SSSR count). The van der Waals surface area contributed by atoms with Gasteiger partial charge in [0, 0.05) is 11.3 Å². The number of hydrogen-bond donors (Lipinski definition) is 3. The average Bonchev–Trinajstić information content (AvgIpc) is 3.07. The standard InChI is InChI=1S/C21H30N4/c1-3-5-7-13-17(10-4-2)19-14-18(16-11-8-6-9-12-16)20(25-19)21(23)24-15-22/h6,8-9,11-12,14-15,17,25H,3-5,7,10,13H2,1-2H3,(H3,22,23,24). The summed E-state index contributed by atoms with van der Waals surface area (Å²) < 4.78 is 0. The van der Waals surface area contributed by atoms with Gasteiger partial charge in [-0.15, -0.1) is 0 Å². The van der Waals surface area contributed by atoms with Gasteiger partial charge in [-0.05, 0) is 30.4 Å². The summed E-state index contributed by atoms with van der Waals surface area (Å²) in [5, 5.41) is 7.22. The van der Waals surface area contributed by atoms with Crippen LogP contribution in [0.4, 0.5) is 0 Å². The van der Waals surface area contributed by atoms with E-state index in [1.807, 2.05) is 18.2 Å². The lowest BCUT2D eigenvalue weighted by Crippen LogP contribution is -2.15. The lowest BCUT2D eigenvalue weighted by Gasteiger charge is -2.14. The normalized spacial score (nSPS) is 13.0. The van der Waals surface area contributed by atoms with E-state index < -0.39 is 0 Å². The molecular weight excluding hydrogens is 308 g/mol. The summed E-state index contributed by atoms with van der Waals surface area (Å²) in [4.78, 5) is 7.50. The van der Waals surface area contributed by atoms with Gasteiger partial charge in [-0.2, -0.15) is 0 Å². The molecule has 1 aromatic heterocycles. The van der Waals surface area contributed by atoms with Crippen LogP contribution >= 0.6 is 0 Å². The van der Waals surface area contributed by atoms with Crippen LogP contribution in [0.3, 0.4) is 0 Å². The summed E-state index contributed by atoms with van der Waals surface area (Å²) in [7, 11) is 0. The Labute approximate surface area is 151 Å². The highest BCUT2D eigenvalue weighted by molar-refractivity contribution is 6.04. The van der Waals surface area contributed by atoms with E-state index in [2.05, 4.69) is 42.0 Å². The van der Waals surface area contributed by atoms with Crippen molar-refractivity contribution in [2.75, 3.05) is 0 Å². The van der Waals surface area contributed by atoms with Crippen LogP contribution in [-0.2, 0) is 0 Å². The van der Waals surface area contributed by atoms with Crippen molar-refractivity contribution in [1.29, 1.82) is 5.41 Å². The molecule has 0 bridgehead atoms.